The summed E-state index contributed by atoms with van der Waals surface area (Å²) in [6.45, 7) is 0.666. The lowest BCUT2D eigenvalue weighted by Crippen LogP contribution is -2.44. The van der Waals surface area contributed by atoms with E-state index < -0.39 is 10.0 Å². The molecule has 1 N–H and O–H groups in total. The molecule has 0 aliphatic carbocycles. The van der Waals surface area contributed by atoms with E-state index in [0.29, 0.717) is 18.2 Å². The number of ether oxygens (including phenoxy) is 1. The van der Waals surface area contributed by atoms with Crippen LogP contribution in [-0.2, 0) is 26.0 Å². The Morgan fingerprint density at radius 2 is 1.96 bits per heavy atom. The van der Waals surface area contributed by atoms with Crippen molar-refractivity contribution in [2.75, 3.05) is 33.1 Å². The molecule has 8 heteroatoms. The molecule has 2 rings (SSSR count). The zero-order valence-electron chi connectivity index (χ0n) is 13.2. The van der Waals surface area contributed by atoms with Crippen LogP contribution in [0.4, 0.5) is 0 Å². The average molecular weight is 361 g/mol. The molecule has 128 valence electrons. The van der Waals surface area contributed by atoms with Gasteiger partial charge in [-0.3, -0.25) is 4.79 Å². The normalized spacial score (nSPS) is 21.6. The third-order valence-corrected chi connectivity index (χ3v) is 6.02. The Hall–Kier alpha value is -1.15. The lowest BCUT2D eigenvalue weighted by Gasteiger charge is -2.21. The summed E-state index contributed by atoms with van der Waals surface area (Å²) in [5.74, 6) is -0.432. The number of sulfonamides is 1. The zero-order chi connectivity index (χ0) is 17.0. The number of carbonyl (C=O) groups is 1. The van der Waals surface area contributed by atoms with Crippen molar-refractivity contribution >= 4 is 27.5 Å². The van der Waals surface area contributed by atoms with Crippen LogP contribution < -0.4 is 5.32 Å². The van der Waals surface area contributed by atoms with Gasteiger partial charge in [-0.25, -0.2) is 12.7 Å². The molecule has 0 saturated carbocycles. The van der Waals surface area contributed by atoms with Gasteiger partial charge in [-0.2, -0.15) is 0 Å². The number of halogens is 1. The molecule has 0 radical (unpaired) electrons. The number of benzene rings is 1. The number of rotatable bonds is 6. The smallest absolute Gasteiger partial charge is 0.224 e. The summed E-state index contributed by atoms with van der Waals surface area (Å²) in [5, 5.41) is 3.49. The van der Waals surface area contributed by atoms with Crippen LogP contribution in [0.15, 0.2) is 24.3 Å². The molecule has 23 heavy (non-hydrogen) atoms. The maximum Gasteiger partial charge on any atom is 0.224 e. The van der Waals surface area contributed by atoms with E-state index in [9.17, 15) is 13.2 Å². The number of hydrogen-bond donors (Lipinski definition) is 1. The van der Waals surface area contributed by atoms with Crippen molar-refractivity contribution in [2.24, 2.45) is 5.92 Å². The standard InChI is InChI=1S/C15H21ClN2O4S/c1-18(2)23(20,21)10-12-8-22-9-14(12)17-15(19)7-11-3-5-13(16)6-4-11/h3-6,12,14H,7-10H2,1-2H3,(H,17,19)/t12-,14-/m0/s1. The monoisotopic (exact) mass is 360 g/mol. The first-order chi connectivity index (χ1) is 10.8. The van der Waals surface area contributed by atoms with Crippen molar-refractivity contribution in [2.45, 2.75) is 12.5 Å². The molecule has 1 saturated heterocycles. The Bertz CT molecular complexity index is 646. The summed E-state index contributed by atoms with van der Waals surface area (Å²) in [4.78, 5) is 12.1. The molecule has 1 aliphatic heterocycles. The van der Waals surface area contributed by atoms with Crippen molar-refractivity contribution in [3.8, 4) is 0 Å². The van der Waals surface area contributed by atoms with Gasteiger partial charge in [0.15, 0.2) is 0 Å². The predicted octanol–water partition coefficient (Wildman–Crippen LogP) is 0.905. The summed E-state index contributed by atoms with van der Waals surface area (Å²) in [6.07, 6.45) is 0.223. The highest BCUT2D eigenvalue weighted by atomic mass is 35.5. The second-order valence-electron chi connectivity index (χ2n) is 5.84. The van der Waals surface area contributed by atoms with Crippen LogP contribution in [0.5, 0.6) is 0 Å². The summed E-state index contributed by atoms with van der Waals surface area (Å²) in [5.41, 5.74) is 0.850. The van der Waals surface area contributed by atoms with Gasteiger partial charge < -0.3 is 10.1 Å². The largest absolute Gasteiger partial charge is 0.379 e. The lowest BCUT2D eigenvalue weighted by molar-refractivity contribution is -0.121. The molecule has 0 spiro atoms. The van der Waals surface area contributed by atoms with Crippen molar-refractivity contribution in [1.29, 1.82) is 0 Å². The van der Waals surface area contributed by atoms with Crippen LogP contribution in [-0.4, -0.2) is 57.7 Å². The first kappa shape index (κ1) is 18.2. The van der Waals surface area contributed by atoms with Gasteiger partial charge in [0.2, 0.25) is 15.9 Å². The Balaban J connectivity index is 1.93. The molecule has 0 aromatic heterocycles. The van der Waals surface area contributed by atoms with E-state index in [2.05, 4.69) is 5.32 Å². The Morgan fingerprint density at radius 1 is 1.30 bits per heavy atom. The minimum Gasteiger partial charge on any atom is -0.379 e. The van der Waals surface area contributed by atoms with Crippen LogP contribution in [0.1, 0.15) is 5.56 Å². The van der Waals surface area contributed by atoms with Crippen molar-refractivity contribution in [1.82, 2.24) is 9.62 Å². The van der Waals surface area contributed by atoms with Gasteiger partial charge in [-0.05, 0) is 17.7 Å². The van der Waals surface area contributed by atoms with Gasteiger partial charge in [0.05, 0.1) is 31.4 Å². The van der Waals surface area contributed by atoms with E-state index in [-0.39, 0.29) is 30.0 Å². The highest BCUT2D eigenvalue weighted by molar-refractivity contribution is 7.89. The highest BCUT2D eigenvalue weighted by Crippen LogP contribution is 2.17. The molecular formula is C15H21ClN2O4S. The fourth-order valence-electron chi connectivity index (χ4n) is 2.39. The van der Waals surface area contributed by atoms with E-state index in [0.717, 1.165) is 5.56 Å². The SMILES string of the molecule is CN(C)S(=O)(=O)C[C@@H]1COC[C@@H]1NC(=O)Cc1ccc(Cl)cc1. The summed E-state index contributed by atoms with van der Waals surface area (Å²) < 4.78 is 30.5. The fourth-order valence-corrected chi connectivity index (χ4v) is 3.68. The lowest BCUT2D eigenvalue weighted by atomic mass is 10.1. The molecule has 1 amide bonds. The Labute approximate surface area is 141 Å². The topological polar surface area (TPSA) is 75.7 Å². The van der Waals surface area contributed by atoms with Crippen molar-refractivity contribution in [3.63, 3.8) is 0 Å². The third kappa shape index (κ3) is 5.17. The minimum atomic E-state index is -3.33. The zero-order valence-corrected chi connectivity index (χ0v) is 14.7. The molecule has 6 nitrogen and oxygen atoms in total. The Morgan fingerprint density at radius 3 is 2.57 bits per heavy atom. The molecular weight excluding hydrogens is 340 g/mol. The van der Waals surface area contributed by atoms with E-state index >= 15 is 0 Å². The van der Waals surface area contributed by atoms with Crippen LogP contribution in [0, 0.1) is 5.92 Å². The van der Waals surface area contributed by atoms with Crippen LogP contribution in [0.25, 0.3) is 0 Å². The fraction of sp³-hybridized carbons (Fsp3) is 0.533. The first-order valence-electron chi connectivity index (χ1n) is 7.29. The van der Waals surface area contributed by atoms with Gasteiger partial charge in [-0.1, -0.05) is 23.7 Å². The average Bonchev–Trinajstić information content (AvgIpc) is 2.87. The van der Waals surface area contributed by atoms with E-state index in [4.69, 9.17) is 16.3 Å². The molecule has 1 aromatic rings. The number of nitrogens with one attached hydrogen (secondary N) is 1. The summed E-state index contributed by atoms with van der Waals surface area (Å²) >= 11 is 5.81. The maximum absolute atomic E-state index is 12.1. The third-order valence-electron chi connectivity index (χ3n) is 3.80. The maximum atomic E-state index is 12.1. The summed E-state index contributed by atoms with van der Waals surface area (Å²) in [6, 6.07) is 6.76. The van der Waals surface area contributed by atoms with E-state index in [1.807, 2.05) is 0 Å². The highest BCUT2D eigenvalue weighted by Gasteiger charge is 2.34. The second-order valence-corrected chi connectivity index (χ2v) is 8.50. The van der Waals surface area contributed by atoms with Crippen molar-refractivity contribution < 1.29 is 17.9 Å². The van der Waals surface area contributed by atoms with Gasteiger partial charge in [0, 0.05) is 25.0 Å². The first-order valence-corrected chi connectivity index (χ1v) is 9.28. The molecule has 1 aromatic carbocycles. The van der Waals surface area contributed by atoms with E-state index in [1.54, 1.807) is 24.3 Å². The number of hydrogen-bond acceptors (Lipinski definition) is 4. The predicted molar refractivity (Wildman–Crippen MR) is 88.9 cm³/mol. The van der Waals surface area contributed by atoms with Gasteiger partial charge in [0.25, 0.3) is 0 Å². The molecule has 1 heterocycles. The number of nitrogens with zero attached hydrogens (tertiary/aromatic N) is 1. The van der Waals surface area contributed by atoms with Crippen LogP contribution in [0.2, 0.25) is 5.02 Å². The Kier molecular flexibility index (Phi) is 6.02. The van der Waals surface area contributed by atoms with Gasteiger partial charge in [0.1, 0.15) is 0 Å². The number of amides is 1. The van der Waals surface area contributed by atoms with Crippen molar-refractivity contribution in [3.05, 3.63) is 34.9 Å². The molecule has 0 unspecified atom stereocenters. The quantitative estimate of drug-likeness (QED) is 0.818. The molecule has 1 aliphatic rings. The molecule has 2 atom stereocenters. The second kappa shape index (κ2) is 7.61. The molecule has 1 fully saturated rings. The van der Waals surface area contributed by atoms with E-state index in [1.165, 1.54) is 18.4 Å². The van der Waals surface area contributed by atoms with Gasteiger partial charge >= 0.3 is 0 Å². The number of carbonyl (C=O) groups excluding carboxylic acids is 1. The minimum absolute atomic E-state index is 0.0358. The van der Waals surface area contributed by atoms with Crippen LogP contribution in [0.3, 0.4) is 0 Å². The van der Waals surface area contributed by atoms with Gasteiger partial charge in [-0.15, -0.1) is 0 Å². The van der Waals surface area contributed by atoms with Crippen LogP contribution >= 0.6 is 11.6 Å². The summed E-state index contributed by atoms with van der Waals surface area (Å²) in [7, 11) is -0.328. The molecule has 0 bridgehead atoms.